The maximum Gasteiger partial charge on any atom is 0.410 e. The van der Waals surface area contributed by atoms with E-state index in [2.05, 4.69) is 6.92 Å². The summed E-state index contributed by atoms with van der Waals surface area (Å²) in [7, 11) is 0. The van der Waals surface area contributed by atoms with E-state index in [1.807, 2.05) is 35.2 Å². The van der Waals surface area contributed by atoms with E-state index in [-0.39, 0.29) is 24.1 Å². The van der Waals surface area contributed by atoms with Crippen molar-refractivity contribution in [3.05, 3.63) is 35.9 Å². The van der Waals surface area contributed by atoms with Crippen LogP contribution in [-0.2, 0) is 9.53 Å². The number of hydrogen-bond donors (Lipinski definition) is 0. The molecule has 1 aliphatic heterocycles. The molecule has 1 heterocycles. The van der Waals surface area contributed by atoms with Crippen LogP contribution in [0.25, 0.3) is 0 Å². The number of rotatable bonds is 4. The third kappa shape index (κ3) is 2.67. The fourth-order valence-electron chi connectivity index (χ4n) is 3.66. The van der Waals surface area contributed by atoms with E-state index in [1.54, 1.807) is 0 Å². The Morgan fingerprint density at radius 3 is 2.67 bits per heavy atom. The molecule has 3 rings (SSSR count). The van der Waals surface area contributed by atoms with Crippen LogP contribution in [0.1, 0.15) is 44.2 Å². The maximum absolute atomic E-state index is 12.2. The molecule has 1 saturated carbocycles. The predicted octanol–water partition coefficient (Wildman–Crippen LogP) is 3.33. The smallest absolute Gasteiger partial charge is 0.410 e. The van der Waals surface area contributed by atoms with Gasteiger partial charge in [0.15, 0.2) is 0 Å². The standard InChI is InChI=1S/C17H21NO3/c1-2-15(13-8-9-14(19)10-13)18-16(11-21-17(18)20)12-6-4-3-5-7-12/h3-7,13,15-16H,2,8-11H2,1H3/t13-,15+,16-/m1/s1. The van der Waals surface area contributed by atoms with Crippen molar-refractivity contribution < 1.29 is 14.3 Å². The van der Waals surface area contributed by atoms with Crippen molar-refractivity contribution in [1.82, 2.24) is 4.90 Å². The van der Waals surface area contributed by atoms with E-state index in [1.165, 1.54) is 0 Å². The molecule has 0 aromatic heterocycles. The van der Waals surface area contributed by atoms with Crippen molar-refractivity contribution in [2.45, 2.75) is 44.7 Å². The number of Topliss-reactive ketones (excluding diaryl/α,β-unsaturated/α-hetero) is 1. The fourth-order valence-corrected chi connectivity index (χ4v) is 3.66. The van der Waals surface area contributed by atoms with Crippen LogP contribution in [0.2, 0.25) is 0 Å². The number of carbonyl (C=O) groups excluding carboxylic acids is 2. The predicted molar refractivity (Wildman–Crippen MR) is 78.8 cm³/mol. The van der Waals surface area contributed by atoms with Crippen LogP contribution in [0.3, 0.4) is 0 Å². The van der Waals surface area contributed by atoms with E-state index >= 15 is 0 Å². The SMILES string of the molecule is CC[C@@H]([C@@H]1CCC(=O)C1)N1C(=O)OC[C@@H]1c1ccccc1. The van der Waals surface area contributed by atoms with Gasteiger partial charge in [-0.05, 0) is 24.3 Å². The Bertz CT molecular complexity index is 528. The van der Waals surface area contributed by atoms with E-state index in [0.717, 1.165) is 18.4 Å². The van der Waals surface area contributed by atoms with Gasteiger partial charge in [-0.15, -0.1) is 0 Å². The average molecular weight is 287 g/mol. The first-order valence-corrected chi connectivity index (χ1v) is 7.72. The zero-order valence-electron chi connectivity index (χ0n) is 12.3. The summed E-state index contributed by atoms with van der Waals surface area (Å²) >= 11 is 0. The lowest BCUT2D eigenvalue weighted by molar-refractivity contribution is -0.117. The number of ether oxygens (including phenoxy) is 1. The lowest BCUT2D eigenvalue weighted by Gasteiger charge is -2.34. The minimum Gasteiger partial charge on any atom is -0.447 e. The second-order valence-corrected chi connectivity index (χ2v) is 5.93. The van der Waals surface area contributed by atoms with Gasteiger partial charge in [0.05, 0.1) is 6.04 Å². The molecule has 21 heavy (non-hydrogen) atoms. The first-order valence-electron chi connectivity index (χ1n) is 7.72. The molecule has 2 fully saturated rings. The molecule has 0 spiro atoms. The second kappa shape index (κ2) is 5.88. The molecule has 2 aliphatic rings. The largest absolute Gasteiger partial charge is 0.447 e. The van der Waals surface area contributed by atoms with Crippen LogP contribution in [0.5, 0.6) is 0 Å². The van der Waals surface area contributed by atoms with Crippen molar-refractivity contribution in [3.63, 3.8) is 0 Å². The molecule has 0 unspecified atom stereocenters. The van der Waals surface area contributed by atoms with Crippen LogP contribution >= 0.6 is 0 Å². The molecular weight excluding hydrogens is 266 g/mol. The maximum atomic E-state index is 12.2. The van der Waals surface area contributed by atoms with Gasteiger partial charge in [0.1, 0.15) is 12.4 Å². The quantitative estimate of drug-likeness (QED) is 0.853. The molecule has 4 nitrogen and oxygen atoms in total. The van der Waals surface area contributed by atoms with E-state index < -0.39 is 0 Å². The van der Waals surface area contributed by atoms with Crippen molar-refractivity contribution in [2.24, 2.45) is 5.92 Å². The highest BCUT2D eigenvalue weighted by atomic mass is 16.6. The first kappa shape index (κ1) is 14.1. The molecule has 112 valence electrons. The van der Waals surface area contributed by atoms with E-state index in [4.69, 9.17) is 4.74 Å². The number of ketones is 1. The molecule has 1 aromatic carbocycles. The van der Waals surface area contributed by atoms with Crippen molar-refractivity contribution >= 4 is 11.9 Å². The highest BCUT2D eigenvalue weighted by Crippen LogP contribution is 2.37. The number of hydrogen-bond acceptors (Lipinski definition) is 3. The zero-order chi connectivity index (χ0) is 14.8. The molecule has 0 radical (unpaired) electrons. The average Bonchev–Trinajstić information content (AvgIpc) is 3.09. The number of amides is 1. The summed E-state index contributed by atoms with van der Waals surface area (Å²) in [6.45, 7) is 2.49. The topological polar surface area (TPSA) is 46.6 Å². The first-order chi connectivity index (χ1) is 10.2. The van der Waals surface area contributed by atoms with Crippen LogP contribution < -0.4 is 0 Å². The summed E-state index contributed by atoms with van der Waals surface area (Å²) in [6.07, 6.45) is 2.76. The molecule has 1 aliphatic carbocycles. The van der Waals surface area contributed by atoms with Gasteiger partial charge in [-0.3, -0.25) is 9.69 Å². The number of benzene rings is 1. The van der Waals surface area contributed by atoms with E-state index in [9.17, 15) is 9.59 Å². The van der Waals surface area contributed by atoms with Crippen LogP contribution in [0, 0.1) is 5.92 Å². The number of cyclic esters (lactones) is 1. The second-order valence-electron chi connectivity index (χ2n) is 5.93. The molecular formula is C17H21NO3. The van der Waals surface area contributed by atoms with Crippen LogP contribution in [-0.4, -0.2) is 29.4 Å². The van der Waals surface area contributed by atoms with Gasteiger partial charge in [0, 0.05) is 18.9 Å². The van der Waals surface area contributed by atoms with Crippen LogP contribution in [0.15, 0.2) is 30.3 Å². The molecule has 0 N–H and O–H groups in total. The summed E-state index contributed by atoms with van der Waals surface area (Å²) in [5, 5.41) is 0. The summed E-state index contributed by atoms with van der Waals surface area (Å²) < 4.78 is 5.30. The van der Waals surface area contributed by atoms with Crippen LogP contribution in [0.4, 0.5) is 4.79 Å². The monoisotopic (exact) mass is 287 g/mol. The summed E-state index contributed by atoms with van der Waals surface area (Å²) in [6, 6.07) is 10.1. The summed E-state index contributed by atoms with van der Waals surface area (Å²) in [5.74, 6) is 0.599. The Balaban J connectivity index is 1.85. The van der Waals surface area contributed by atoms with Crippen molar-refractivity contribution in [1.29, 1.82) is 0 Å². The zero-order valence-corrected chi connectivity index (χ0v) is 12.3. The van der Waals surface area contributed by atoms with Gasteiger partial charge in [-0.25, -0.2) is 4.79 Å². The molecule has 4 heteroatoms. The Morgan fingerprint density at radius 1 is 1.29 bits per heavy atom. The van der Waals surface area contributed by atoms with Gasteiger partial charge in [-0.1, -0.05) is 37.3 Å². The van der Waals surface area contributed by atoms with Gasteiger partial charge in [0.25, 0.3) is 0 Å². The highest BCUT2D eigenvalue weighted by Gasteiger charge is 2.42. The number of nitrogens with zero attached hydrogens (tertiary/aromatic N) is 1. The minimum absolute atomic E-state index is 0.0284. The van der Waals surface area contributed by atoms with Crippen molar-refractivity contribution in [3.8, 4) is 0 Å². The molecule has 1 aromatic rings. The third-order valence-corrected chi connectivity index (χ3v) is 4.70. The van der Waals surface area contributed by atoms with Gasteiger partial charge < -0.3 is 4.74 Å². The van der Waals surface area contributed by atoms with Gasteiger partial charge in [-0.2, -0.15) is 0 Å². The normalized spacial score (nSPS) is 27.0. The Hall–Kier alpha value is -1.84. The number of carbonyl (C=O) groups is 2. The third-order valence-electron chi connectivity index (χ3n) is 4.70. The molecule has 3 atom stereocenters. The highest BCUT2D eigenvalue weighted by molar-refractivity contribution is 5.81. The van der Waals surface area contributed by atoms with E-state index in [0.29, 0.717) is 25.2 Å². The lowest BCUT2D eigenvalue weighted by atomic mass is 9.92. The minimum atomic E-state index is -0.241. The Kier molecular flexibility index (Phi) is 3.95. The Morgan fingerprint density at radius 2 is 2.05 bits per heavy atom. The van der Waals surface area contributed by atoms with Gasteiger partial charge in [0.2, 0.25) is 0 Å². The Labute approximate surface area is 125 Å². The molecule has 0 bridgehead atoms. The van der Waals surface area contributed by atoms with Gasteiger partial charge >= 0.3 is 6.09 Å². The summed E-state index contributed by atoms with van der Waals surface area (Å²) in [4.78, 5) is 25.7. The summed E-state index contributed by atoms with van der Waals surface area (Å²) in [5.41, 5.74) is 1.10. The lowest BCUT2D eigenvalue weighted by Crippen LogP contribution is -2.41. The fraction of sp³-hybridized carbons (Fsp3) is 0.529. The van der Waals surface area contributed by atoms with Crippen molar-refractivity contribution in [2.75, 3.05) is 6.61 Å². The molecule has 1 amide bonds. The molecule has 1 saturated heterocycles.